The third-order valence-corrected chi connectivity index (χ3v) is 4.41. The first-order valence-electron chi connectivity index (χ1n) is 8.02. The second kappa shape index (κ2) is 7.86. The summed E-state index contributed by atoms with van der Waals surface area (Å²) in [6, 6.07) is 13.5. The minimum absolute atomic E-state index is 0.0273. The van der Waals surface area contributed by atoms with E-state index in [2.05, 4.69) is 6.92 Å². The van der Waals surface area contributed by atoms with Crippen molar-refractivity contribution in [2.45, 2.75) is 26.8 Å². The molecular formula is C20H25NO3. The molecule has 0 radical (unpaired) electrons. The number of aryl methyl sites for hydroxylation is 2. The Morgan fingerprint density at radius 2 is 1.67 bits per heavy atom. The zero-order chi connectivity index (χ0) is 17.7. The maximum atomic E-state index is 12.4. The minimum Gasteiger partial charge on any atom is -0.497 e. The second-order valence-corrected chi connectivity index (χ2v) is 5.99. The Labute approximate surface area is 144 Å². The van der Waals surface area contributed by atoms with Gasteiger partial charge in [0.15, 0.2) is 6.61 Å². The highest BCUT2D eigenvalue weighted by atomic mass is 16.5. The summed E-state index contributed by atoms with van der Waals surface area (Å²) in [5.41, 5.74) is 3.41. The first kappa shape index (κ1) is 17.9. The molecule has 2 rings (SSSR count). The van der Waals surface area contributed by atoms with Gasteiger partial charge in [-0.15, -0.1) is 0 Å². The number of likely N-dealkylation sites (N-methyl/N-ethyl adjacent to an activating group) is 1. The molecule has 4 heteroatoms. The molecule has 0 aromatic heterocycles. The molecular weight excluding hydrogens is 302 g/mol. The lowest BCUT2D eigenvalue weighted by Gasteiger charge is -2.25. The van der Waals surface area contributed by atoms with E-state index in [1.54, 1.807) is 19.1 Å². The molecule has 0 fully saturated rings. The molecule has 0 saturated carbocycles. The van der Waals surface area contributed by atoms with E-state index < -0.39 is 0 Å². The summed E-state index contributed by atoms with van der Waals surface area (Å²) in [4.78, 5) is 14.1. The van der Waals surface area contributed by atoms with Crippen molar-refractivity contribution in [1.82, 2.24) is 4.90 Å². The Balaban J connectivity index is 1.96. The maximum absolute atomic E-state index is 12.4. The smallest absolute Gasteiger partial charge is 0.260 e. The minimum atomic E-state index is -0.0588. The summed E-state index contributed by atoms with van der Waals surface area (Å²) < 4.78 is 10.8. The van der Waals surface area contributed by atoms with Crippen molar-refractivity contribution >= 4 is 5.91 Å². The Hall–Kier alpha value is -2.49. The number of nitrogens with zero attached hydrogens (tertiary/aromatic N) is 1. The zero-order valence-electron chi connectivity index (χ0n) is 15.0. The molecule has 128 valence electrons. The summed E-state index contributed by atoms with van der Waals surface area (Å²) in [7, 11) is 3.43. The van der Waals surface area contributed by atoms with Crippen molar-refractivity contribution in [3.05, 3.63) is 59.2 Å². The van der Waals surface area contributed by atoms with Crippen LogP contribution in [0.15, 0.2) is 42.5 Å². The number of carbonyl (C=O) groups is 1. The first-order valence-corrected chi connectivity index (χ1v) is 8.02. The van der Waals surface area contributed by atoms with Crippen molar-refractivity contribution in [3.8, 4) is 11.5 Å². The maximum Gasteiger partial charge on any atom is 0.260 e. The third-order valence-electron chi connectivity index (χ3n) is 4.41. The van der Waals surface area contributed by atoms with Crippen LogP contribution in [-0.2, 0) is 4.79 Å². The van der Waals surface area contributed by atoms with Crippen molar-refractivity contribution in [3.63, 3.8) is 0 Å². The van der Waals surface area contributed by atoms with Crippen LogP contribution >= 0.6 is 0 Å². The summed E-state index contributed by atoms with van der Waals surface area (Å²) in [5.74, 6) is 1.46. The van der Waals surface area contributed by atoms with Crippen molar-refractivity contribution in [2.24, 2.45) is 0 Å². The molecule has 0 saturated heterocycles. The second-order valence-electron chi connectivity index (χ2n) is 5.99. The molecule has 0 spiro atoms. The molecule has 2 aromatic carbocycles. The van der Waals surface area contributed by atoms with Crippen LogP contribution in [0.5, 0.6) is 11.5 Å². The monoisotopic (exact) mass is 327 g/mol. The van der Waals surface area contributed by atoms with Crippen molar-refractivity contribution in [1.29, 1.82) is 0 Å². The van der Waals surface area contributed by atoms with Crippen LogP contribution in [0.2, 0.25) is 0 Å². The lowest BCUT2D eigenvalue weighted by Crippen LogP contribution is -2.33. The van der Waals surface area contributed by atoms with E-state index in [9.17, 15) is 4.79 Å². The molecule has 1 unspecified atom stereocenters. The SMILES string of the molecule is COc1ccc(C(C)N(C)C(=O)COc2ccc(C)c(C)c2)cc1. The number of hydrogen-bond acceptors (Lipinski definition) is 3. The van der Waals surface area contributed by atoms with Gasteiger partial charge in [0, 0.05) is 7.05 Å². The Bertz CT molecular complexity index is 695. The molecule has 0 bridgehead atoms. The predicted molar refractivity (Wildman–Crippen MR) is 95.6 cm³/mol. The quantitative estimate of drug-likeness (QED) is 0.807. The van der Waals surface area contributed by atoms with Crippen molar-refractivity contribution < 1.29 is 14.3 Å². The van der Waals surface area contributed by atoms with Gasteiger partial charge in [-0.2, -0.15) is 0 Å². The van der Waals surface area contributed by atoms with Gasteiger partial charge in [-0.05, 0) is 61.7 Å². The van der Waals surface area contributed by atoms with E-state index in [1.807, 2.05) is 56.3 Å². The van der Waals surface area contributed by atoms with Gasteiger partial charge in [0.25, 0.3) is 5.91 Å². The topological polar surface area (TPSA) is 38.8 Å². The van der Waals surface area contributed by atoms with Crippen LogP contribution < -0.4 is 9.47 Å². The lowest BCUT2D eigenvalue weighted by atomic mass is 10.1. The number of ether oxygens (including phenoxy) is 2. The van der Waals surface area contributed by atoms with Crippen LogP contribution in [0.4, 0.5) is 0 Å². The molecule has 24 heavy (non-hydrogen) atoms. The molecule has 1 amide bonds. The average Bonchev–Trinajstić information content (AvgIpc) is 2.61. The van der Waals surface area contributed by atoms with Gasteiger partial charge in [0.2, 0.25) is 0 Å². The highest BCUT2D eigenvalue weighted by Crippen LogP contribution is 2.22. The summed E-state index contributed by atoms with van der Waals surface area (Å²) in [6.07, 6.45) is 0. The van der Waals surface area contributed by atoms with Gasteiger partial charge in [-0.3, -0.25) is 4.79 Å². The van der Waals surface area contributed by atoms with Gasteiger partial charge < -0.3 is 14.4 Å². The largest absolute Gasteiger partial charge is 0.497 e. The van der Waals surface area contributed by atoms with Crippen LogP contribution in [0, 0.1) is 13.8 Å². The van der Waals surface area contributed by atoms with Gasteiger partial charge >= 0.3 is 0 Å². The van der Waals surface area contributed by atoms with Gasteiger partial charge in [-0.25, -0.2) is 0 Å². The standard InChI is InChI=1S/C20H25NO3/c1-14-6-9-19(12-15(14)2)24-13-20(22)21(4)16(3)17-7-10-18(23-5)11-8-17/h6-12,16H,13H2,1-5H3. The summed E-state index contributed by atoms with van der Waals surface area (Å²) in [5, 5.41) is 0. The number of methoxy groups -OCH3 is 1. The number of benzene rings is 2. The highest BCUT2D eigenvalue weighted by molar-refractivity contribution is 5.78. The molecule has 4 nitrogen and oxygen atoms in total. The van der Waals surface area contributed by atoms with E-state index in [1.165, 1.54) is 5.56 Å². The molecule has 0 aliphatic carbocycles. The van der Waals surface area contributed by atoms with E-state index in [-0.39, 0.29) is 18.6 Å². The third kappa shape index (κ3) is 4.28. The van der Waals surface area contributed by atoms with E-state index >= 15 is 0 Å². The number of rotatable bonds is 6. The first-order chi connectivity index (χ1) is 11.4. The normalized spacial score (nSPS) is 11.7. The molecule has 0 aliphatic rings. The molecule has 0 heterocycles. The molecule has 0 aliphatic heterocycles. The zero-order valence-corrected chi connectivity index (χ0v) is 15.0. The Morgan fingerprint density at radius 1 is 1.04 bits per heavy atom. The number of carbonyl (C=O) groups excluding carboxylic acids is 1. The number of hydrogen-bond donors (Lipinski definition) is 0. The van der Waals surface area contributed by atoms with Crippen LogP contribution in [0.1, 0.15) is 29.7 Å². The van der Waals surface area contributed by atoms with Crippen LogP contribution in [0.3, 0.4) is 0 Å². The fourth-order valence-corrected chi connectivity index (χ4v) is 2.37. The van der Waals surface area contributed by atoms with E-state index in [0.29, 0.717) is 0 Å². The molecule has 0 N–H and O–H groups in total. The van der Waals surface area contributed by atoms with Crippen LogP contribution in [-0.4, -0.2) is 31.6 Å². The van der Waals surface area contributed by atoms with Gasteiger partial charge in [-0.1, -0.05) is 18.2 Å². The van der Waals surface area contributed by atoms with E-state index in [4.69, 9.17) is 9.47 Å². The number of amides is 1. The Morgan fingerprint density at radius 3 is 2.25 bits per heavy atom. The molecule has 2 aromatic rings. The predicted octanol–water partition coefficient (Wildman–Crippen LogP) is 3.91. The van der Waals surface area contributed by atoms with Gasteiger partial charge in [0.05, 0.1) is 13.2 Å². The van der Waals surface area contributed by atoms with Gasteiger partial charge in [0.1, 0.15) is 11.5 Å². The highest BCUT2D eigenvalue weighted by Gasteiger charge is 2.18. The average molecular weight is 327 g/mol. The van der Waals surface area contributed by atoms with Crippen LogP contribution in [0.25, 0.3) is 0 Å². The summed E-state index contributed by atoms with van der Waals surface area (Å²) in [6.45, 7) is 6.10. The van der Waals surface area contributed by atoms with Crippen molar-refractivity contribution in [2.75, 3.05) is 20.8 Å². The lowest BCUT2D eigenvalue weighted by molar-refractivity contribution is -0.134. The summed E-state index contributed by atoms with van der Waals surface area (Å²) >= 11 is 0. The Kier molecular flexibility index (Phi) is 5.85. The van der Waals surface area contributed by atoms with E-state index in [0.717, 1.165) is 22.6 Å². The molecule has 1 atom stereocenters. The fraction of sp³-hybridized carbons (Fsp3) is 0.350. The fourth-order valence-electron chi connectivity index (χ4n) is 2.37.